The van der Waals surface area contributed by atoms with E-state index >= 15 is 0 Å². The predicted molar refractivity (Wildman–Crippen MR) is 56.2 cm³/mol. The van der Waals surface area contributed by atoms with Gasteiger partial charge in [-0.25, -0.2) is 13.8 Å². The van der Waals surface area contributed by atoms with Crippen LogP contribution in [-0.4, -0.2) is 9.91 Å². The van der Waals surface area contributed by atoms with Crippen LogP contribution in [0.5, 0.6) is 0 Å². The molecule has 4 nitrogen and oxygen atoms in total. The molecule has 0 N–H and O–H groups in total. The third kappa shape index (κ3) is 2.25. The summed E-state index contributed by atoms with van der Waals surface area (Å²) in [6, 6.07) is 5.60. The maximum Gasteiger partial charge on any atom is 0.287 e. The fraction of sp³-hybridized carbons (Fsp3) is 0. The molecule has 0 aliphatic carbocycles. The Bertz CT molecular complexity index is 570. The molecule has 0 aliphatic heterocycles. The van der Waals surface area contributed by atoms with Crippen LogP contribution >= 0.6 is 0 Å². The van der Waals surface area contributed by atoms with Gasteiger partial charge in [0.1, 0.15) is 17.8 Å². The van der Waals surface area contributed by atoms with Gasteiger partial charge in [0.2, 0.25) is 0 Å². The smallest absolute Gasteiger partial charge is 0.258 e. The second kappa shape index (κ2) is 4.25. The van der Waals surface area contributed by atoms with Gasteiger partial charge in [0.25, 0.3) is 5.69 Å². The Morgan fingerprint density at radius 1 is 1.18 bits per heavy atom. The molecule has 0 aliphatic rings. The van der Waals surface area contributed by atoms with Crippen molar-refractivity contribution in [2.45, 2.75) is 0 Å². The van der Waals surface area contributed by atoms with Crippen LogP contribution in [0.25, 0.3) is 11.3 Å². The van der Waals surface area contributed by atoms with Crippen molar-refractivity contribution in [1.82, 2.24) is 4.98 Å². The van der Waals surface area contributed by atoms with Crippen molar-refractivity contribution < 1.29 is 13.7 Å². The molecule has 0 spiro atoms. The Morgan fingerprint density at radius 2 is 1.94 bits per heavy atom. The number of hydrogen-bond acceptors (Lipinski definition) is 3. The zero-order valence-electron chi connectivity index (χ0n) is 8.43. The highest BCUT2D eigenvalue weighted by molar-refractivity contribution is 5.60. The number of halogens is 2. The molecular weight excluding hydrogens is 230 g/mol. The monoisotopic (exact) mass is 236 g/mol. The third-order valence-electron chi connectivity index (χ3n) is 2.17. The van der Waals surface area contributed by atoms with Crippen molar-refractivity contribution in [3.05, 3.63) is 58.3 Å². The predicted octanol–water partition coefficient (Wildman–Crippen LogP) is 2.94. The van der Waals surface area contributed by atoms with E-state index in [2.05, 4.69) is 4.98 Å². The van der Waals surface area contributed by atoms with E-state index in [-0.39, 0.29) is 16.9 Å². The summed E-state index contributed by atoms with van der Waals surface area (Å²) in [4.78, 5) is 13.6. The number of benzene rings is 1. The first kappa shape index (κ1) is 11.1. The Balaban J connectivity index is 2.43. The van der Waals surface area contributed by atoms with Crippen molar-refractivity contribution >= 4 is 5.69 Å². The highest BCUT2D eigenvalue weighted by atomic mass is 19.1. The van der Waals surface area contributed by atoms with E-state index in [1.165, 1.54) is 18.2 Å². The summed E-state index contributed by atoms with van der Waals surface area (Å²) in [5.74, 6) is -1.44. The van der Waals surface area contributed by atoms with Gasteiger partial charge in [-0.15, -0.1) is 0 Å². The normalized spacial score (nSPS) is 10.2. The first-order chi connectivity index (χ1) is 8.08. The zero-order chi connectivity index (χ0) is 12.4. The fourth-order valence-corrected chi connectivity index (χ4v) is 1.35. The summed E-state index contributed by atoms with van der Waals surface area (Å²) in [6.07, 6.45) is 1.03. The van der Waals surface area contributed by atoms with Crippen LogP contribution in [0.4, 0.5) is 14.5 Å². The molecular formula is C11H6F2N2O2. The first-order valence-corrected chi connectivity index (χ1v) is 4.64. The van der Waals surface area contributed by atoms with E-state index in [1.54, 1.807) is 0 Å². The average molecular weight is 236 g/mol. The quantitative estimate of drug-likeness (QED) is 0.595. The second-order valence-electron chi connectivity index (χ2n) is 3.28. The van der Waals surface area contributed by atoms with Crippen molar-refractivity contribution in [3.8, 4) is 11.3 Å². The number of rotatable bonds is 2. The summed E-state index contributed by atoms with van der Waals surface area (Å²) < 4.78 is 26.1. The van der Waals surface area contributed by atoms with Gasteiger partial charge in [-0.2, -0.15) is 0 Å². The van der Waals surface area contributed by atoms with E-state index in [0.717, 1.165) is 18.3 Å². The topological polar surface area (TPSA) is 56.0 Å². The molecule has 0 bridgehead atoms. The Hall–Kier alpha value is -2.37. The highest BCUT2D eigenvalue weighted by Crippen LogP contribution is 2.22. The Morgan fingerprint density at radius 3 is 2.47 bits per heavy atom. The van der Waals surface area contributed by atoms with Crippen LogP contribution in [0.2, 0.25) is 0 Å². The molecule has 0 radical (unpaired) electrons. The highest BCUT2D eigenvalue weighted by Gasteiger charge is 2.10. The van der Waals surface area contributed by atoms with E-state index in [9.17, 15) is 18.9 Å². The van der Waals surface area contributed by atoms with Crippen LogP contribution in [0, 0.1) is 21.7 Å². The maximum atomic E-state index is 13.4. The number of hydrogen-bond donors (Lipinski definition) is 0. The molecule has 1 aromatic carbocycles. The minimum absolute atomic E-state index is 0.0984. The van der Waals surface area contributed by atoms with Crippen molar-refractivity contribution in [3.63, 3.8) is 0 Å². The minimum atomic E-state index is -0.758. The lowest BCUT2D eigenvalue weighted by molar-refractivity contribution is -0.385. The van der Waals surface area contributed by atoms with E-state index < -0.39 is 16.6 Å². The summed E-state index contributed by atoms with van der Waals surface area (Å²) in [5, 5.41) is 10.4. The van der Waals surface area contributed by atoms with Crippen LogP contribution in [0.1, 0.15) is 0 Å². The molecule has 17 heavy (non-hydrogen) atoms. The van der Waals surface area contributed by atoms with Crippen LogP contribution < -0.4 is 0 Å². The van der Waals surface area contributed by atoms with Gasteiger partial charge < -0.3 is 0 Å². The number of pyridine rings is 1. The van der Waals surface area contributed by atoms with E-state index in [0.29, 0.717) is 0 Å². The molecule has 0 unspecified atom stereocenters. The molecule has 0 saturated carbocycles. The molecule has 2 rings (SSSR count). The molecule has 0 saturated heterocycles. The summed E-state index contributed by atoms with van der Waals surface area (Å²) in [6.45, 7) is 0. The molecule has 6 heteroatoms. The van der Waals surface area contributed by atoms with Crippen molar-refractivity contribution in [1.29, 1.82) is 0 Å². The van der Waals surface area contributed by atoms with Crippen molar-refractivity contribution in [2.24, 2.45) is 0 Å². The second-order valence-corrected chi connectivity index (χ2v) is 3.28. The number of nitro groups is 1. The van der Waals surface area contributed by atoms with Gasteiger partial charge in [-0.05, 0) is 18.2 Å². The lowest BCUT2D eigenvalue weighted by Crippen LogP contribution is -1.92. The Kier molecular flexibility index (Phi) is 2.78. The van der Waals surface area contributed by atoms with E-state index in [1.807, 2.05) is 0 Å². The van der Waals surface area contributed by atoms with Crippen LogP contribution in [0.15, 0.2) is 36.5 Å². The number of aromatic nitrogens is 1. The lowest BCUT2D eigenvalue weighted by Gasteiger charge is -2.02. The van der Waals surface area contributed by atoms with E-state index in [4.69, 9.17) is 0 Å². The SMILES string of the molecule is O=[N+]([O-])c1ccc(-c2ccc(F)cc2F)nc1. The molecule has 0 fully saturated rings. The van der Waals surface area contributed by atoms with Gasteiger partial charge in [0, 0.05) is 17.7 Å². The van der Waals surface area contributed by atoms with Gasteiger partial charge in [-0.3, -0.25) is 10.1 Å². The Labute approximate surface area is 94.7 Å². The van der Waals surface area contributed by atoms with Crippen molar-refractivity contribution in [2.75, 3.05) is 0 Å². The first-order valence-electron chi connectivity index (χ1n) is 4.64. The van der Waals surface area contributed by atoms with Gasteiger partial charge in [0.05, 0.1) is 10.6 Å². The average Bonchev–Trinajstić information content (AvgIpc) is 2.29. The maximum absolute atomic E-state index is 13.4. The minimum Gasteiger partial charge on any atom is -0.258 e. The molecule has 86 valence electrons. The molecule has 2 aromatic rings. The molecule has 0 amide bonds. The largest absolute Gasteiger partial charge is 0.287 e. The zero-order valence-corrected chi connectivity index (χ0v) is 8.43. The van der Waals surface area contributed by atoms with Gasteiger partial charge in [-0.1, -0.05) is 0 Å². The summed E-state index contributed by atoms with van der Waals surface area (Å²) in [7, 11) is 0. The molecule has 1 heterocycles. The fourth-order valence-electron chi connectivity index (χ4n) is 1.35. The van der Waals surface area contributed by atoms with Crippen LogP contribution in [0.3, 0.4) is 0 Å². The van der Waals surface area contributed by atoms with Crippen LogP contribution in [-0.2, 0) is 0 Å². The molecule has 0 atom stereocenters. The molecule has 1 aromatic heterocycles. The third-order valence-corrected chi connectivity index (χ3v) is 2.17. The summed E-state index contributed by atoms with van der Waals surface area (Å²) in [5.41, 5.74) is 0.130. The standard InChI is InChI=1S/C11H6F2N2O2/c12-7-1-3-9(10(13)5-7)11-4-2-8(6-14-11)15(16)17/h1-6H. The van der Waals surface area contributed by atoms with Gasteiger partial charge in [0.15, 0.2) is 0 Å². The van der Waals surface area contributed by atoms with Gasteiger partial charge >= 0.3 is 0 Å². The number of nitrogens with zero attached hydrogens (tertiary/aromatic N) is 2. The summed E-state index contributed by atoms with van der Waals surface area (Å²) >= 11 is 0. The lowest BCUT2D eigenvalue weighted by atomic mass is 10.1.